The Balaban J connectivity index is 1.68. The lowest BCUT2D eigenvalue weighted by molar-refractivity contribution is -0.00124. The molecule has 0 aromatic carbocycles. The van der Waals surface area contributed by atoms with Gasteiger partial charge in [-0.15, -0.1) is 10.2 Å². The van der Waals surface area contributed by atoms with Crippen molar-refractivity contribution in [2.75, 3.05) is 5.43 Å². The van der Waals surface area contributed by atoms with Crippen LogP contribution in [-0.4, -0.2) is 21.4 Å². The number of rotatable bonds is 3. The van der Waals surface area contributed by atoms with Gasteiger partial charge in [-0.3, -0.25) is 9.78 Å². The smallest absolute Gasteiger partial charge is 0.274 e. The first-order valence-corrected chi connectivity index (χ1v) is 6.91. The van der Waals surface area contributed by atoms with E-state index in [0.29, 0.717) is 17.0 Å². The number of H-pyrrole nitrogens is 1. The molecule has 3 aliphatic rings. The van der Waals surface area contributed by atoms with E-state index in [1.54, 1.807) is 6.92 Å². The minimum atomic E-state index is -0.252. The van der Waals surface area contributed by atoms with Crippen LogP contribution in [0.25, 0.3) is 0 Å². The highest BCUT2D eigenvalue weighted by atomic mass is 16.1. The van der Waals surface area contributed by atoms with Crippen molar-refractivity contribution < 1.29 is 0 Å². The van der Waals surface area contributed by atoms with E-state index in [-0.39, 0.29) is 11.5 Å². The Bertz CT molecular complexity index is 643. The Morgan fingerprint density at radius 2 is 2.30 bits per heavy atom. The van der Waals surface area contributed by atoms with E-state index in [2.05, 4.69) is 45.6 Å². The summed E-state index contributed by atoms with van der Waals surface area (Å²) in [5, 5.41) is 11.7. The van der Waals surface area contributed by atoms with Crippen LogP contribution in [0.4, 0.5) is 5.95 Å². The van der Waals surface area contributed by atoms with Gasteiger partial charge in [-0.25, -0.2) is 5.43 Å². The van der Waals surface area contributed by atoms with Gasteiger partial charge < -0.3 is 0 Å². The summed E-state index contributed by atoms with van der Waals surface area (Å²) in [5.41, 5.74) is 4.47. The highest BCUT2D eigenvalue weighted by Crippen LogP contribution is 2.58. The summed E-state index contributed by atoms with van der Waals surface area (Å²) in [6, 6.07) is 0. The first-order valence-electron chi connectivity index (χ1n) is 6.91. The van der Waals surface area contributed by atoms with Crippen LogP contribution in [0.2, 0.25) is 0 Å². The number of hydrogen-bond donors (Lipinski definition) is 2. The molecule has 1 aromatic rings. The summed E-state index contributed by atoms with van der Waals surface area (Å²) in [7, 11) is 0. The molecule has 1 fully saturated rings. The molecule has 106 valence electrons. The topological polar surface area (TPSA) is 83.0 Å². The first-order chi connectivity index (χ1) is 9.48. The summed E-state index contributed by atoms with van der Waals surface area (Å²) in [4.78, 5) is 14.0. The molecular weight excluding hydrogens is 254 g/mol. The van der Waals surface area contributed by atoms with E-state index in [9.17, 15) is 4.79 Å². The largest absolute Gasteiger partial charge is 0.288 e. The second kappa shape index (κ2) is 4.54. The molecule has 4 rings (SSSR count). The van der Waals surface area contributed by atoms with Crippen LogP contribution in [0.3, 0.4) is 0 Å². The lowest BCUT2D eigenvalue weighted by atomic mass is 9.49. The highest BCUT2D eigenvalue weighted by Gasteiger charge is 2.50. The zero-order valence-corrected chi connectivity index (χ0v) is 12.0. The van der Waals surface area contributed by atoms with Crippen molar-refractivity contribution in [1.29, 1.82) is 0 Å². The second-order valence-electron chi connectivity index (χ2n) is 6.20. The van der Waals surface area contributed by atoms with E-state index in [1.807, 2.05) is 6.21 Å². The molecule has 3 aliphatic carbocycles. The van der Waals surface area contributed by atoms with E-state index in [4.69, 9.17) is 0 Å². The average Bonchev–Trinajstić information content (AvgIpc) is 2.43. The van der Waals surface area contributed by atoms with Gasteiger partial charge in [0.15, 0.2) is 0 Å². The Morgan fingerprint density at radius 1 is 1.50 bits per heavy atom. The zero-order chi connectivity index (χ0) is 14.3. The van der Waals surface area contributed by atoms with Gasteiger partial charge in [0, 0.05) is 0 Å². The molecule has 0 amide bonds. The predicted molar refractivity (Wildman–Crippen MR) is 77.6 cm³/mol. The number of fused-ring (bicyclic) bond motifs is 1. The lowest BCUT2D eigenvalue weighted by Gasteiger charge is -2.55. The van der Waals surface area contributed by atoms with Crippen molar-refractivity contribution in [2.24, 2.45) is 22.4 Å². The Hall–Kier alpha value is -1.98. The second-order valence-corrected chi connectivity index (χ2v) is 6.20. The van der Waals surface area contributed by atoms with Crippen molar-refractivity contribution in [1.82, 2.24) is 15.2 Å². The third kappa shape index (κ3) is 2.05. The lowest BCUT2D eigenvalue weighted by Crippen LogP contribution is -2.48. The van der Waals surface area contributed by atoms with Crippen molar-refractivity contribution >= 4 is 12.2 Å². The first kappa shape index (κ1) is 13.0. The molecule has 6 nitrogen and oxygen atoms in total. The normalized spacial score (nSPS) is 27.1. The number of hydrogen-bond acceptors (Lipinski definition) is 5. The summed E-state index contributed by atoms with van der Waals surface area (Å²) in [6.07, 6.45) is 6.48. The molecule has 0 radical (unpaired) electrons. The summed E-state index contributed by atoms with van der Waals surface area (Å²) in [6.45, 7) is 6.26. The van der Waals surface area contributed by atoms with Crippen molar-refractivity contribution in [2.45, 2.75) is 33.6 Å². The molecule has 1 aromatic heterocycles. The maximum absolute atomic E-state index is 11.4. The number of aryl methyl sites for hydroxylation is 1. The molecule has 2 atom stereocenters. The fourth-order valence-electron chi connectivity index (χ4n) is 3.16. The third-order valence-electron chi connectivity index (χ3n) is 4.76. The van der Waals surface area contributed by atoms with Crippen molar-refractivity contribution in [3.63, 3.8) is 0 Å². The van der Waals surface area contributed by atoms with Crippen LogP contribution in [0, 0.1) is 24.2 Å². The average molecular weight is 273 g/mol. The highest BCUT2D eigenvalue weighted by molar-refractivity contribution is 5.81. The maximum Gasteiger partial charge on any atom is 0.274 e. The van der Waals surface area contributed by atoms with E-state index in [0.717, 1.165) is 12.3 Å². The number of nitrogens with zero attached hydrogens (tertiary/aromatic N) is 3. The van der Waals surface area contributed by atoms with Crippen LogP contribution in [-0.2, 0) is 0 Å². The van der Waals surface area contributed by atoms with Gasteiger partial charge >= 0.3 is 0 Å². The minimum absolute atomic E-state index is 0.252. The van der Waals surface area contributed by atoms with Crippen molar-refractivity contribution in [3.8, 4) is 0 Å². The molecule has 2 bridgehead atoms. The third-order valence-corrected chi connectivity index (χ3v) is 4.76. The molecular formula is C14H19N5O. The molecule has 20 heavy (non-hydrogen) atoms. The summed E-state index contributed by atoms with van der Waals surface area (Å²) < 4.78 is 0. The van der Waals surface area contributed by atoms with Crippen LogP contribution >= 0.6 is 0 Å². The predicted octanol–water partition coefficient (Wildman–Crippen LogP) is 1.86. The maximum atomic E-state index is 11.4. The Labute approximate surface area is 117 Å². The number of aromatic amines is 1. The molecule has 2 unspecified atom stereocenters. The number of nitrogens with one attached hydrogen (secondary N) is 2. The summed E-state index contributed by atoms with van der Waals surface area (Å²) >= 11 is 0. The fourth-order valence-corrected chi connectivity index (χ4v) is 3.16. The quantitative estimate of drug-likeness (QED) is 0.650. The van der Waals surface area contributed by atoms with Crippen molar-refractivity contribution in [3.05, 3.63) is 27.7 Å². The van der Waals surface area contributed by atoms with Gasteiger partial charge in [-0.1, -0.05) is 19.9 Å². The van der Waals surface area contributed by atoms with Gasteiger partial charge in [0.1, 0.15) is 5.69 Å². The Kier molecular flexibility index (Phi) is 2.96. The van der Waals surface area contributed by atoms with Gasteiger partial charge in [0.25, 0.3) is 5.56 Å². The van der Waals surface area contributed by atoms with E-state index < -0.39 is 0 Å². The van der Waals surface area contributed by atoms with Crippen LogP contribution in [0.15, 0.2) is 21.5 Å². The molecule has 1 saturated carbocycles. The Morgan fingerprint density at radius 3 is 2.95 bits per heavy atom. The number of hydrazone groups is 1. The standard InChI is InChI=1S/C14H19N5O/c1-8-12(20)16-13(19-17-8)18-15-7-9-4-5-10-6-11(9)14(10,2)3/h4,7,10-11H,5-6H2,1-3H3,(H2,16,18,19,20)/b15-7+. The fraction of sp³-hybridized carbons (Fsp3) is 0.571. The molecule has 0 aliphatic heterocycles. The van der Waals surface area contributed by atoms with Gasteiger partial charge in [0.2, 0.25) is 5.95 Å². The summed E-state index contributed by atoms with van der Waals surface area (Å²) in [5.74, 6) is 1.67. The SMILES string of the molecule is Cc1nnc(N/N=C/C2=CCC3CC2C3(C)C)[nH]c1=O. The van der Waals surface area contributed by atoms with E-state index >= 15 is 0 Å². The molecule has 6 heteroatoms. The molecule has 0 spiro atoms. The monoisotopic (exact) mass is 273 g/mol. The van der Waals surface area contributed by atoms with Gasteiger partial charge in [-0.05, 0) is 42.6 Å². The number of aromatic nitrogens is 3. The number of allylic oxidation sites excluding steroid dienone is 2. The van der Waals surface area contributed by atoms with Crippen LogP contribution in [0.1, 0.15) is 32.4 Å². The zero-order valence-electron chi connectivity index (χ0n) is 12.0. The molecule has 1 heterocycles. The van der Waals surface area contributed by atoms with Gasteiger partial charge in [0.05, 0.1) is 6.21 Å². The molecule has 0 saturated heterocycles. The van der Waals surface area contributed by atoms with E-state index in [1.165, 1.54) is 12.0 Å². The van der Waals surface area contributed by atoms with Gasteiger partial charge in [-0.2, -0.15) is 5.10 Å². The van der Waals surface area contributed by atoms with Crippen LogP contribution < -0.4 is 11.0 Å². The van der Waals surface area contributed by atoms with Crippen LogP contribution in [0.5, 0.6) is 0 Å². The molecule has 2 N–H and O–H groups in total. The number of anilines is 1. The minimum Gasteiger partial charge on any atom is -0.288 e.